The van der Waals surface area contributed by atoms with Crippen LogP contribution in [0.4, 0.5) is 0 Å². The fraction of sp³-hybridized carbons (Fsp3) is 0.231. The first-order chi connectivity index (χ1) is 23.0. The molecule has 5 aromatic carbocycles. The van der Waals surface area contributed by atoms with Crippen LogP contribution in [0.2, 0.25) is 5.02 Å². The van der Waals surface area contributed by atoms with Gasteiger partial charge < -0.3 is 5.02 Å². The fourth-order valence-electron chi connectivity index (χ4n) is 3.25. The molecule has 0 unspecified atom stereocenters. The first kappa shape index (κ1) is 58.1. The third-order valence-electron chi connectivity index (χ3n) is 5.12. The third-order valence-corrected chi connectivity index (χ3v) is 5.37. The number of aryl methyl sites for hydroxylation is 1. The summed E-state index contributed by atoms with van der Waals surface area (Å²) in [7, 11) is 0. The van der Waals surface area contributed by atoms with Crippen molar-refractivity contribution in [1.29, 1.82) is 0 Å². The van der Waals surface area contributed by atoms with Gasteiger partial charge in [0.25, 0.3) is 0 Å². The van der Waals surface area contributed by atoms with Crippen molar-refractivity contribution in [2.75, 3.05) is 0 Å². The quantitative estimate of drug-likeness (QED) is 0.141. The van der Waals surface area contributed by atoms with E-state index in [1.807, 2.05) is 152 Å². The summed E-state index contributed by atoms with van der Waals surface area (Å²) in [4.78, 5) is 0. The second-order valence-corrected chi connectivity index (χ2v) is 24.5. The number of hydrogen-bond donors (Lipinski definition) is 1. The Kier molecular flexibility index (Phi) is 57.9. The Morgan fingerprint density at radius 1 is 0.479 bits per heavy atom. The SMILES string of the molecule is CC.CC.CC.CC.Cc1ccc(-c2ccccc2)cc1.Clc1ccccc1.I.II.I[I-]I.OB(c1ccccc1)c1ccccc1. The van der Waals surface area contributed by atoms with Crippen molar-refractivity contribution >= 4 is 128 Å². The molecule has 0 radical (unpaired) electrons. The van der Waals surface area contributed by atoms with Crippen LogP contribution in [-0.2, 0) is 0 Å². The fourth-order valence-corrected chi connectivity index (χ4v) is 3.40. The van der Waals surface area contributed by atoms with Crippen molar-refractivity contribution < 1.29 is 18.3 Å². The van der Waals surface area contributed by atoms with E-state index in [1.165, 1.54) is 16.7 Å². The predicted molar refractivity (Wildman–Crippen MR) is 265 cm³/mol. The van der Waals surface area contributed by atoms with E-state index in [2.05, 4.69) is 130 Å². The molecule has 0 amide bonds. The van der Waals surface area contributed by atoms with Gasteiger partial charge in [0.05, 0.1) is 0 Å². The van der Waals surface area contributed by atoms with Gasteiger partial charge in [-0.05, 0) is 41.1 Å². The molecule has 0 saturated heterocycles. The maximum Gasteiger partial charge on any atom is 0.358 e. The number of hydrogen-bond acceptors (Lipinski definition) is 1. The molecule has 0 bridgehead atoms. The van der Waals surface area contributed by atoms with Gasteiger partial charge in [-0.3, -0.25) is 0 Å². The molecule has 1 nitrogen and oxygen atoms in total. The maximum atomic E-state index is 9.99. The second-order valence-electron chi connectivity index (χ2n) is 7.81. The molecule has 48 heavy (non-hydrogen) atoms. The summed E-state index contributed by atoms with van der Waals surface area (Å²) in [5, 5.41) is 10.8. The average Bonchev–Trinajstić information content (AvgIpc) is 3.18. The molecular formula is C39H53BClI6O-. The number of halogens is 7. The van der Waals surface area contributed by atoms with Crippen LogP contribution in [0.3, 0.4) is 0 Å². The van der Waals surface area contributed by atoms with Gasteiger partial charge in [0.15, 0.2) is 0 Å². The van der Waals surface area contributed by atoms with E-state index >= 15 is 0 Å². The minimum absolute atomic E-state index is 0. The molecule has 0 aliphatic heterocycles. The van der Waals surface area contributed by atoms with Gasteiger partial charge in [-0.2, -0.15) is 0 Å². The first-order valence-corrected chi connectivity index (χ1v) is 34.9. The van der Waals surface area contributed by atoms with Crippen LogP contribution < -0.4 is 24.2 Å². The molecule has 0 aromatic heterocycles. The summed E-state index contributed by atoms with van der Waals surface area (Å²) < 4.78 is 0. The van der Waals surface area contributed by atoms with E-state index in [-0.39, 0.29) is 24.0 Å². The summed E-state index contributed by atoms with van der Waals surface area (Å²) in [5.74, 6) is 0. The van der Waals surface area contributed by atoms with Crippen molar-refractivity contribution in [3.05, 3.63) is 156 Å². The molecule has 268 valence electrons. The van der Waals surface area contributed by atoms with E-state index in [9.17, 15) is 5.02 Å². The Morgan fingerprint density at radius 3 is 1.00 bits per heavy atom. The summed E-state index contributed by atoms with van der Waals surface area (Å²) in [6.07, 6.45) is 0. The zero-order valence-electron chi connectivity index (χ0n) is 29.6. The summed E-state index contributed by atoms with van der Waals surface area (Å²) in [5.41, 5.74) is 5.73. The van der Waals surface area contributed by atoms with Crippen LogP contribution in [0, 0.1) is 6.92 Å². The minimum Gasteiger partial charge on any atom is -0.443 e. The normalized spacial score (nSPS) is 7.90. The van der Waals surface area contributed by atoms with Gasteiger partial charge in [0.2, 0.25) is 0 Å². The molecule has 0 saturated carbocycles. The predicted octanol–water partition coefficient (Wildman–Crippen LogP) is 12.1. The molecule has 9 heteroatoms. The van der Waals surface area contributed by atoms with Gasteiger partial charge in [0, 0.05) is 42.3 Å². The van der Waals surface area contributed by atoms with Gasteiger partial charge in [0.1, 0.15) is 0 Å². The van der Waals surface area contributed by atoms with E-state index in [0.29, 0.717) is 13.3 Å². The van der Waals surface area contributed by atoms with E-state index in [4.69, 9.17) is 11.6 Å². The summed E-state index contributed by atoms with van der Waals surface area (Å²) in [6, 6.07) is 47.8. The molecule has 0 atom stereocenters. The molecular weight excluding hydrogens is 1290 g/mol. The zero-order chi connectivity index (χ0) is 36.7. The molecule has 0 spiro atoms. The smallest absolute Gasteiger partial charge is 0.358 e. The van der Waals surface area contributed by atoms with Crippen LogP contribution in [0.1, 0.15) is 61.0 Å². The van der Waals surface area contributed by atoms with Crippen molar-refractivity contribution in [2.24, 2.45) is 0 Å². The molecule has 1 N–H and O–H groups in total. The summed E-state index contributed by atoms with van der Waals surface area (Å²) >= 11 is 15.1. The standard InChI is InChI=1S/C13H12.C12H11BO.C6H5Cl.4C2H6.I3.I2.HI/c1-11-7-9-13(10-8-11)12-5-3-2-4-6-12;14-13(11-7-3-1-4-8-11)12-9-5-2-6-10-12;7-6-4-2-1-3-5-6;4*1-2;1-3-2;1-2;/h2-10H,1H3;1-10,14H;1-5H;4*1-2H3;;;1H/q;;;;;;;-1;;. The zero-order valence-corrected chi connectivity index (χ0v) is 43.4. The average molecular weight is 1350 g/mol. The molecule has 5 aromatic rings. The Morgan fingerprint density at radius 2 is 0.729 bits per heavy atom. The van der Waals surface area contributed by atoms with Gasteiger partial charge in [-0.15, -0.1) is 24.0 Å². The Labute approximate surface area is 370 Å². The Bertz CT molecular complexity index is 1200. The van der Waals surface area contributed by atoms with Crippen molar-refractivity contribution in [1.82, 2.24) is 0 Å². The third kappa shape index (κ3) is 32.7. The van der Waals surface area contributed by atoms with E-state index in [0.717, 1.165) is 15.9 Å². The second kappa shape index (κ2) is 47.8. The minimum atomic E-state index is -0.516. The largest absolute Gasteiger partial charge is 0.443 e. The van der Waals surface area contributed by atoms with Crippen molar-refractivity contribution in [3.63, 3.8) is 0 Å². The first-order valence-electron chi connectivity index (χ1n) is 15.7. The molecule has 0 fully saturated rings. The van der Waals surface area contributed by atoms with Crippen LogP contribution >= 0.6 is 110 Å². The number of benzene rings is 5. The van der Waals surface area contributed by atoms with Crippen LogP contribution in [-0.4, -0.2) is 11.9 Å². The Hall–Kier alpha value is 0.795. The van der Waals surface area contributed by atoms with Crippen molar-refractivity contribution in [3.8, 4) is 11.1 Å². The monoisotopic (exact) mass is 1340 g/mol. The van der Waals surface area contributed by atoms with Crippen LogP contribution in [0.25, 0.3) is 11.1 Å². The number of rotatable bonds is 3. The molecule has 0 aliphatic carbocycles. The van der Waals surface area contributed by atoms with Crippen LogP contribution in [0.5, 0.6) is 0 Å². The van der Waals surface area contributed by atoms with E-state index in [1.54, 1.807) is 0 Å². The summed E-state index contributed by atoms with van der Waals surface area (Å²) in [6.45, 7) is 17.6. The van der Waals surface area contributed by atoms with Gasteiger partial charge in [-0.25, -0.2) is 0 Å². The molecule has 0 heterocycles. The van der Waals surface area contributed by atoms with Crippen LogP contribution in [0.15, 0.2) is 146 Å². The maximum absolute atomic E-state index is 9.99. The molecule has 0 aliphatic rings. The van der Waals surface area contributed by atoms with Crippen molar-refractivity contribution in [2.45, 2.75) is 62.3 Å². The van der Waals surface area contributed by atoms with E-state index < -0.39 is 6.92 Å². The van der Waals surface area contributed by atoms with Gasteiger partial charge in [-0.1, -0.05) is 206 Å². The molecule has 5 rings (SSSR count). The van der Waals surface area contributed by atoms with Gasteiger partial charge >= 0.3 is 57.4 Å². The Balaban J connectivity index is -0.000000167. The topological polar surface area (TPSA) is 20.2 Å².